The molecule has 1 aromatic carbocycles. The minimum absolute atomic E-state index is 0.142. The second-order valence-electron chi connectivity index (χ2n) is 2.37. The van der Waals surface area contributed by atoms with E-state index in [9.17, 15) is 10.2 Å². The summed E-state index contributed by atoms with van der Waals surface area (Å²) < 4.78 is 0. The first-order chi connectivity index (χ1) is 5.38. The summed E-state index contributed by atoms with van der Waals surface area (Å²) in [6.45, 7) is -0.368. The summed E-state index contributed by atoms with van der Waals surface area (Å²) >= 11 is 0. The van der Waals surface area contributed by atoms with Crippen molar-refractivity contribution < 1.29 is 10.2 Å². The Balaban J connectivity index is 2.83. The second-order valence-corrected chi connectivity index (χ2v) is 2.37. The molecule has 0 saturated carbocycles. The van der Waals surface area contributed by atoms with Gasteiger partial charge in [0.25, 0.3) is 0 Å². The van der Waals surface area contributed by atoms with Crippen LogP contribution in [-0.4, -0.2) is 6.61 Å². The molecular formula is C9H10O2. The maximum atomic E-state index is 10.5. The molecule has 2 nitrogen and oxygen atoms in total. The van der Waals surface area contributed by atoms with Gasteiger partial charge < -0.3 is 0 Å². The lowest BCUT2D eigenvalue weighted by atomic mass is 10.1. The number of rotatable bonds is 3. The molecule has 0 aliphatic heterocycles. The van der Waals surface area contributed by atoms with Crippen LogP contribution in [0.2, 0.25) is 0 Å². The Morgan fingerprint density at radius 1 is 1.00 bits per heavy atom. The standard InChI is InChI=1S/C9H10O2/c10-6-5-8-3-1-2-4-9(8)7-11/h1-4H,5-7H2. The first-order valence-electron chi connectivity index (χ1n) is 3.61. The van der Waals surface area contributed by atoms with Crippen molar-refractivity contribution in [1.82, 2.24) is 0 Å². The third kappa shape index (κ3) is 2.03. The molecule has 0 aliphatic carbocycles. The van der Waals surface area contributed by atoms with E-state index in [1.165, 1.54) is 0 Å². The van der Waals surface area contributed by atoms with Crippen molar-refractivity contribution in [3.63, 3.8) is 0 Å². The van der Waals surface area contributed by atoms with E-state index in [2.05, 4.69) is 0 Å². The highest BCUT2D eigenvalue weighted by molar-refractivity contribution is 5.26. The van der Waals surface area contributed by atoms with E-state index in [1.807, 2.05) is 18.2 Å². The van der Waals surface area contributed by atoms with E-state index in [1.54, 1.807) is 6.07 Å². The second kappa shape index (κ2) is 4.11. The molecule has 0 spiro atoms. The van der Waals surface area contributed by atoms with E-state index in [-0.39, 0.29) is 13.2 Å². The van der Waals surface area contributed by atoms with Crippen molar-refractivity contribution >= 4 is 0 Å². The van der Waals surface area contributed by atoms with Crippen LogP contribution in [0.15, 0.2) is 24.3 Å². The molecule has 0 saturated heterocycles. The van der Waals surface area contributed by atoms with Gasteiger partial charge in [0, 0.05) is 0 Å². The van der Waals surface area contributed by atoms with Crippen LogP contribution in [0.4, 0.5) is 0 Å². The quantitative estimate of drug-likeness (QED) is 0.627. The predicted molar refractivity (Wildman–Crippen MR) is 40.1 cm³/mol. The van der Waals surface area contributed by atoms with Crippen LogP contribution in [0, 0.1) is 0 Å². The van der Waals surface area contributed by atoms with Gasteiger partial charge in [0.15, 0.2) is 0 Å². The van der Waals surface area contributed by atoms with Gasteiger partial charge in [-0.3, -0.25) is 0 Å². The minimum Gasteiger partial charge on any atom is -0.236 e. The molecular weight excluding hydrogens is 140 g/mol. The third-order valence-corrected chi connectivity index (χ3v) is 1.65. The number of hydrogen-bond acceptors (Lipinski definition) is 0. The lowest BCUT2D eigenvalue weighted by molar-refractivity contribution is 0.174. The average molecular weight is 150 g/mol. The molecule has 1 aromatic rings. The first kappa shape index (κ1) is 8.24. The van der Waals surface area contributed by atoms with Gasteiger partial charge in [-0.1, -0.05) is 24.3 Å². The zero-order valence-corrected chi connectivity index (χ0v) is 6.25. The Kier molecular flexibility index (Phi) is 3.08. The molecule has 0 amide bonds. The van der Waals surface area contributed by atoms with Crippen LogP contribution in [0.3, 0.4) is 0 Å². The smallest absolute Gasteiger partial charge is 0.108 e. The van der Waals surface area contributed by atoms with E-state index < -0.39 is 0 Å². The molecule has 11 heavy (non-hydrogen) atoms. The van der Waals surface area contributed by atoms with Gasteiger partial charge in [-0.25, -0.2) is 10.2 Å². The van der Waals surface area contributed by atoms with Crippen molar-refractivity contribution in [3.05, 3.63) is 35.4 Å². The van der Waals surface area contributed by atoms with Crippen molar-refractivity contribution in [3.8, 4) is 0 Å². The highest BCUT2D eigenvalue weighted by Crippen LogP contribution is 2.08. The first-order valence-corrected chi connectivity index (χ1v) is 3.61. The third-order valence-electron chi connectivity index (χ3n) is 1.65. The number of hydrogen-bond donors (Lipinski definition) is 0. The fraction of sp³-hybridized carbons (Fsp3) is 0.333. The summed E-state index contributed by atoms with van der Waals surface area (Å²) in [5, 5.41) is 20.8. The lowest BCUT2D eigenvalue weighted by Gasteiger charge is -2.02. The monoisotopic (exact) mass is 150 g/mol. The summed E-state index contributed by atoms with van der Waals surface area (Å²) in [6, 6.07) is 7.29. The van der Waals surface area contributed by atoms with Crippen molar-refractivity contribution in [2.75, 3.05) is 6.61 Å². The highest BCUT2D eigenvalue weighted by Gasteiger charge is 1.98. The average Bonchev–Trinajstić information content (AvgIpc) is 2.06. The zero-order chi connectivity index (χ0) is 8.10. The summed E-state index contributed by atoms with van der Waals surface area (Å²) in [7, 11) is 0. The van der Waals surface area contributed by atoms with Gasteiger partial charge in [0.05, 0.1) is 6.61 Å². The summed E-state index contributed by atoms with van der Waals surface area (Å²) in [5.74, 6) is 0. The van der Waals surface area contributed by atoms with Gasteiger partial charge in [-0.2, -0.15) is 0 Å². The van der Waals surface area contributed by atoms with Crippen LogP contribution < -0.4 is 0 Å². The maximum absolute atomic E-state index is 10.5. The topological polar surface area (TPSA) is 39.8 Å². The molecule has 0 aliphatic rings. The summed E-state index contributed by atoms with van der Waals surface area (Å²) in [5.41, 5.74) is 1.65. The molecule has 0 fully saturated rings. The van der Waals surface area contributed by atoms with Crippen LogP contribution in [0.25, 0.3) is 0 Å². The van der Waals surface area contributed by atoms with Crippen LogP contribution in [0.5, 0.6) is 0 Å². The Labute approximate surface area is 66.1 Å². The fourth-order valence-corrected chi connectivity index (χ4v) is 1.05. The van der Waals surface area contributed by atoms with Crippen molar-refractivity contribution in [2.45, 2.75) is 13.0 Å². The normalized spacial score (nSPS) is 10.0. The van der Waals surface area contributed by atoms with Crippen LogP contribution >= 0.6 is 0 Å². The minimum atomic E-state index is -0.226. The SMILES string of the molecule is [O]CCc1ccccc1C[O]. The molecule has 0 N–H and O–H groups in total. The molecule has 0 atom stereocenters. The Morgan fingerprint density at radius 3 is 2.18 bits per heavy atom. The molecule has 0 bridgehead atoms. The van der Waals surface area contributed by atoms with Gasteiger partial charge in [0.1, 0.15) is 6.61 Å². The van der Waals surface area contributed by atoms with Gasteiger partial charge >= 0.3 is 0 Å². The predicted octanol–water partition coefficient (Wildman–Crippen LogP) is 1.59. The molecule has 0 unspecified atom stereocenters. The van der Waals surface area contributed by atoms with Crippen molar-refractivity contribution in [1.29, 1.82) is 0 Å². The van der Waals surface area contributed by atoms with Crippen LogP contribution in [-0.2, 0) is 23.2 Å². The van der Waals surface area contributed by atoms with Gasteiger partial charge in [0.2, 0.25) is 0 Å². The van der Waals surface area contributed by atoms with E-state index in [0.717, 1.165) is 11.1 Å². The lowest BCUT2D eigenvalue weighted by Crippen LogP contribution is -1.95. The van der Waals surface area contributed by atoms with Gasteiger partial charge in [-0.15, -0.1) is 0 Å². The largest absolute Gasteiger partial charge is 0.236 e. The fourth-order valence-electron chi connectivity index (χ4n) is 1.05. The summed E-state index contributed by atoms with van der Waals surface area (Å²) in [6.07, 6.45) is 0.471. The Bertz CT molecular complexity index is 221. The van der Waals surface area contributed by atoms with E-state index in [4.69, 9.17) is 0 Å². The Morgan fingerprint density at radius 2 is 1.64 bits per heavy atom. The van der Waals surface area contributed by atoms with Crippen LogP contribution in [0.1, 0.15) is 11.1 Å². The Hall–Kier alpha value is -0.860. The highest BCUT2D eigenvalue weighted by atomic mass is 16.3. The molecule has 0 aromatic heterocycles. The molecule has 0 heterocycles. The molecule has 1 rings (SSSR count). The van der Waals surface area contributed by atoms with E-state index >= 15 is 0 Å². The van der Waals surface area contributed by atoms with E-state index in [0.29, 0.717) is 6.42 Å². The van der Waals surface area contributed by atoms with Gasteiger partial charge in [-0.05, 0) is 17.5 Å². The summed E-state index contributed by atoms with van der Waals surface area (Å²) in [4.78, 5) is 0. The molecule has 2 heteroatoms. The van der Waals surface area contributed by atoms with Crippen molar-refractivity contribution in [2.24, 2.45) is 0 Å². The molecule has 2 radical (unpaired) electrons. The number of benzene rings is 1. The maximum Gasteiger partial charge on any atom is 0.108 e. The zero-order valence-electron chi connectivity index (χ0n) is 6.25. The molecule has 58 valence electrons.